The van der Waals surface area contributed by atoms with Crippen LogP contribution in [-0.4, -0.2) is 40.3 Å². The van der Waals surface area contributed by atoms with Gasteiger partial charge in [0.15, 0.2) is 0 Å². The van der Waals surface area contributed by atoms with E-state index in [2.05, 4.69) is 0 Å². The highest BCUT2D eigenvalue weighted by Crippen LogP contribution is 2.39. The third kappa shape index (κ3) is 3.89. The van der Waals surface area contributed by atoms with Crippen LogP contribution < -0.4 is 0 Å². The summed E-state index contributed by atoms with van der Waals surface area (Å²) < 4.78 is 5.36. The molecule has 5 heteroatoms. The first-order valence-electron chi connectivity index (χ1n) is 8.02. The molecule has 1 amide bonds. The third-order valence-corrected chi connectivity index (χ3v) is 4.58. The molecule has 1 saturated carbocycles. The van der Waals surface area contributed by atoms with Gasteiger partial charge in [-0.05, 0) is 39.0 Å². The number of aliphatic carboxylic acids is 1. The Balaban J connectivity index is 2.09. The molecule has 0 aromatic heterocycles. The van der Waals surface area contributed by atoms with Gasteiger partial charge >= 0.3 is 12.1 Å². The van der Waals surface area contributed by atoms with Crippen molar-refractivity contribution in [2.45, 2.75) is 70.9 Å². The summed E-state index contributed by atoms with van der Waals surface area (Å²) in [5.41, 5.74) is -0.594. The van der Waals surface area contributed by atoms with Crippen LogP contribution in [0, 0.1) is 11.8 Å². The third-order valence-electron chi connectivity index (χ3n) is 4.58. The molecule has 2 aliphatic rings. The van der Waals surface area contributed by atoms with Crippen LogP contribution in [0.15, 0.2) is 0 Å². The monoisotopic (exact) mass is 297 g/mol. The molecule has 0 unspecified atom stereocenters. The molecule has 2 fully saturated rings. The van der Waals surface area contributed by atoms with Crippen LogP contribution in [0.3, 0.4) is 0 Å². The topological polar surface area (TPSA) is 66.8 Å². The number of rotatable bonds is 2. The van der Waals surface area contributed by atoms with Crippen molar-refractivity contribution < 1.29 is 19.4 Å². The highest BCUT2D eigenvalue weighted by Gasteiger charge is 2.46. The Kier molecular flexibility index (Phi) is 4.79. The van der Waals surface area contributed by atoms with Crippen molar-refractivity contribution in [3.63, 3.8) is 0 Å². The van der Waals surface area contributed by atoms with Crippen LogP contribution >= 0.6 is 0 Å². The van der Waals surface area contributed by atoms with Crippen molar-refractivity contribution >= 4 is 12.1 Å². The lowest BCUT2D eigenvalue weighted by Crippen LogP contribution is -2.46. The van der Waals surface area contributed by atoms with Gasteiger partial charge in [-0.25, -0.2) is 9.59 Å². The fraction of sp³-hybridized carbons (Fsp3) is 0.875. The smallest absolute Gasteiger partial charge is 0.411 e. The Hall–Kier alpha value is -1.26. The summed E-state index contributed by atoms with van der Waals surface area (Å²) in [6.07, 6.45) is 6.08. The van der Waals surface area contributed by atoms with Crippen molar-refractivity contribution in [2.75, 3.05) is 6.54 Å². The second-order valence-corrected chi connectivity index (χ2v) is 7.31. The Morgan fingerprint density at radius 3 is 2.24 bits per heavy atom. The Labute approximate surface area is 126 Å². The zero-order valence-corrected chi connectivity index (χ0v) is 13.3. The Morgan fingerprint density at radius 2 is 1.71 bits per heavy atom. The maximum absolute atomic E-state index is 12.2. The van der Waals surface area contributed by atoms with Gasteiger partial charge in [-0.3, -0.25) is 4.90 Å². The molecule has 0 radical (unpaired) electrons. The van der Waals surface area contributed by atoms with Gasteiger partial charge in [-0.1, -0.05) is 32.1 Å². The minimum absolute atomic E-state index is 0.0790. The summed E-state index contributed by atoms with van der Waals surface area (Å²) in [5, 5.41) is 9.58. The Bertz CT molecular complexity index is 396. The molecule has 21 heavy (non-hydrogen) atoms. The molecule has 1 N–H and O–H groups in total. The summed E-state index contributed by atoms with van der Waals surface area (Å²) in [6.45, 7) is 5.90. The summed E-state index contributed by atoms with van der Waals surface area (Å²) >= 11 is 0. The average molecular weight is 297 g/mol. The van der Waals surface area contributed by atoms with Crippen LogP contribution in [0.2, 0.25) is 0 Å². The number of carboxylic acid groups (broad SMARTS) is 1. The molecule has 0 aromatic rings. The van der Waals surface area contributed by atoms with Crippen LogP contribution in [-0.2, 0) is 9.53 Å². The van der Waals surface area contributed by atoms with Gasteiger partial charge in [0.2, 0.25) is 0 Å². The quantitative estimate of drug-likeness (QED) is 0.849. The molecule has 1 saturated heterocycles. The second-order valence-electron chi connectivity index (χ2n) is 7.31. The van der Waals surface area contributed by atoms with E-state index in [9.17, 15) is 14.7 Å². The molecule has 2 atom stereocenters. The van der Waals surface area contributed by atoms with Crippen molar-refractivity contribution in [1.29, 1.82) is 0 Å². The lowest BCUT2D eigenvalue weighted by Gasteiger charge is -2.32. The number of ether oxygens (including phenoxy) is 1. The first-order chi connectivity index (χ1) is 9.79. The average Bonchev–Trinajstić information content (AvgIpc) is 2.82. The number of carbonyl (C=O) groups is 2. The summed E-state index contributed by atoms with van der Waals surface area (Å²) in [4.78, 5) is 25.4. The van der Waals surface area contributed by atoms with E-state index in [1.54, 1.807) is 20.8 Å². The zero-order chi connectivity index (χ0) is 15.6. The first kappa shape index (κ1) is 16.1. The van der Waals surface area contributed by atoms with E-state index < -0.39 is 23.7 Å². The van der Waals surface area contributed by atoms with Gasteiger partial charge in [0.05, 0.1) is 0 Å². The molecular weight excluding hydrogens is 270 g/mol. The van der Waals surface area contributed by atoms with Gasteiger partial charge in [0.25, 0.3) is 0 Å². The van der Waals surface area contributed by atoms with Crippen molar-refractivity contribution in [3.8, 4) is 0 Å². The lowest BCUT2D eigenvalue weighted by molar-refractivity contribution is -0.144. The fourth-order valence-electron chi connectivity index (χ4n) is 3.71. The van der Waals surface area contributed by atoms with E-state index >= 15 is 0 Å². The molecule has 2 rings (SSSR count). The van der Waals surface area contributed by atoms with E-state index in [-0.39, 0.29) is 5.92 Å². The van der Waals surface area contributed by atoms with Crippen molar-refractivity contribution in [3.05, 3.63) is 0 Å². The number of hydrogen-bond acceptors (Lipinski definition) is 3. The predicted molar refractivity (Wildman–Crippen MR) is 79.0 cm³/mol. The summed E-state index contributed by atoms with van der Waals surface area (Å²) in [6, 6.07) is -0.719. The Morgan fingerprint density at radius 1 is 1.10 bits per heavy atom. The lowest BCUT2D eigenvalue weighted by atomic mass is 9.76. The van der Waals surface area contributed by atoms with E-state index in [0.717, 1.165) is 19.3 Å². The van der Waals surface area contributed by atoms with E-state index in [1.165, 1.54) is 24.2 Å². The van der Waals surface area contributed by atoms with Gasteiger partial charge < -0.3 is 9.84 Å². The van der Waals surface area contributed by atoms with Gasteiger partial charge in [0.1, 0.15) is 11.6 Å². The molecule has 0 spiro atoms. The predicted octanol–water partition coefficient (Wildman–Crippen LogP) is 3.28. The molecule has 120 valence electrons. The molecule has 5 nitrogen and oxygen atoms in total. The maximum atomic E-state index is 12.2. The number of hydrogen-bond donors (Lipinski definition) is 1. The molecule has 1 aliphatic carbocycles. The number of carboxylic acids is 1. The molecule has 0 aromatic carbocycles. The van der Waals surface area contributed by atoms with Crippen LogP contribution in [0.1, 0.15) is 59.3 Å². The maximum Gasteiger partial charge on any atom is 0.411 e. The molecule has 0 bridgehead atoms. The van der Waals surface area contributed by atoms with E-state index in [0.29, 0.717) is 12.5 Å². The van der Waals surface area contributed by atoms with Crippen LogP contribution in [0.4, 0.5) is 4.79 Å². The van der Waals surface area contributed by atoms with Crippen LogP contribution in [0.25, 0.3) is 0 Å². The molecule has 1 aliphatic heterocycles. The van der Waals surface area contributed by atoms with E-state index in [1.807, 2.05) is 0 Å². The standard InChI is InChI=1S/C16H27NO4/c1-16(2,3)21-15(20)17-10-9-12(13(17)14(18)19)11-7-5-4-6-8-11/h11-13H,4-10H2,1-3H3,(H,18,19)/t12-,13-/m1/s1. The zero-order valence-electron chi connectivity index (χ0n) is 13.3. The van der Waals surface area contributed by atoms with Gasteiger partial charge in [-0.15, -0.1) is 0 Å². The van der Waals surface area contributed by atoms with Crippen molar-refractivity contribution in [1.82, 2.24) is 4.90 Å². The number of carbonyl (C=O) groups excluding carboxylic acids is 1. The van der Waals surface area contributed by atoms with Gasteiger partial charge in [0, 0.05) is 6.54 Å². The molecular formula is C16H27NO4. The SMILES string of the molecule is CC(C)(C)OC(=O)N1CC[C@H](C2CCCCC2)[C@@H]1C(=O)O. The van der Waals surface area contributed by atoms with E-state index in [4.69, 9.17) is 4.74 Å². The first-order valence-corrected chi connectivity index (χ1v) is 8.02. The number of amides is 1. The highest BCUT2D eigenvalue weighted by molar-refractivity contribution is 5.81. The second kappa shape index (κ2) is 6.24. The number of likely N-dealkylation sites (tertiary alicyclic amines) is 1. The summed E-state index contributed by atoms with van der Waals surface area (Å²) in [7, 11) is 0. The minimum Gasteiger partial charge on any atom is -0.480 e. The van der Waals surface area contributed by atoms with Crippen molar-refractivity contribution in [2.24, 2.45) is 11.8 Å². The molecule has 1 heterocycles. The summed E-state index contributed by atoms with van der Waals surface area (Å²) in [5.74, 6) is -0.378. The largest absolute Gasteiger partial charge is 0.480 e. The normalized spacial score (nSPS) is 27.7. The van der Waals surface area contributed by atoms with Crippen LogP contribution in [0.5, 0.6) is 0 Å². The van der Waals surface area contributed by atoms with Gasteiger partial charge in [-0.2, -0.15) is 0 Å². The number of nitrogens with zero attached hydrogens (tertiary/aromatic N) is 1. The fourth-order valence-corrected chi connectivity index (χ4v) is 3.71. The minimum atomic E-state index is -0.895. The highest BCUT2D eigenvalue weighted by atomic mass is 16.6.